The van der Waals surface area contributed by atoms with Crippen LogP contribution in [0.5, 0.6) is 5.75 Å². The van der Waals surface area contributed by atoms with Crippen LogP contribution in [-0.2, 0) is 13.0 Å². The molecular formula is C15H22N4O. The van der Waals surface area contributed by atoms with Crippen molar-refractivity contribution in [2.75, 3.05) is 6.61 Å². The predicted molar refractivity (Wildman–Crippen MR) is 78.6 cm³/mol. The molecule has 0 aliphatic rings. The maximum Gasteiger partial charge on any atom is 0.138 e. The van der Waals surface area contributed by atoms with Gasteiger partial charge in [-0.2, -0.15) is 5.10 Å². The van der Waals surface area contributed by atoms with Gasteiger partial charge in [-0.25, -0.2) is 4.98 Å². The molecule has 2 rings (SSSR count). The van der Waals surface area contributed by atoms with Crippen LogP contribution in [0.4, 0.5) is 0 Å². The van der Waals surface area contributed by atoms with E-state index in [0.29, 0.717) is 13.0 Å². The topological polar surface area (TPSA) is 66.0 Å². The highest BCUT2D eigenvalue weighted by Crippen LogP contribution is 2.19. The number of rotatable bonds is 7. The molecule has 2 aromatic rings. The summed E-state index contributed by atoms with van der Waals surface area (Å²) >= 11 is 0. The van der Waals surface area contributed by atoms with Crippen molar-refractivity contribution in [1.82, 2.24) is 14.8 Å². The standard InChI is InChI=1S/C15H22N4O/c1-3-9-19-15(17-11-18-19)10-14(16)12-5-7-13(8-6-12)20-4-2/h5-8,11,14H,3-4,9-10,16H2,1-2H3. The lowest BCUT2D eigenvalue weighted by molar-refractivity contribution is 0.340. The second-order valence-electron chi connectivity index (χ2n) is 4.71. The summed E-state index contributed by atoms with van der Waals surface area (Å²) in [4.78, 5) is 4.29. The van der Waals surface area contributed by atoms with Crippen molar-refractivity contribution in [1.29, 1.82) is 0 Å². The van der Waals surface area contributed by atoms with Crippen LogP contribution in [0, 0.1) is 0 Å². The van der Waals surface area contributed by atoms with E-state index in [1.165, 1.54) is 0 Å². The third kappa shape index (κ3) is 3.57. The number of hydrogen-bond acceptors (Lipinski definition) is 4. The predicted octanol–water partition coefficient (Wildman–Crippen LogP) is 2.33. The first-order chi connectivity index (χ1) is 9.74. The lowest BCUT2D eigenvalue weighted by Crippen LogP contribution is -2.17. The van der Waals surface area contributed by atoms with Gasteiger partial charge in [0.05, 0.1) is 6.61 Å². The number of benzene rings is 1. The zero-order valence-corrected chi connectivity index (χ0v) is 12.1. The van der Waals surface area contributed by atoms with Gasteiger partial charge in [-0.15, -0.1) is 0 Å². The van der Waals surface area contributed by atoms with Crippen LogP contribution in [0.25, 0.3) is 0 Å². The largest absolute Gasteiger partial charge is 0.494 e. The summed E-state index contributed by atoms with van der Waals surface area (Å²) in [7, 11) is 0. The molecule has 0 aliphatic carbocycles. The van der Waals surface area contributed by atoms with Crippen LogP contribution in [0.15, 0.2) is 30.6 Å². The SMILES string of the molecule is CCCn1ncnc1CC(N)c1ccc(OCC)cc1. The maximum absolute atomic E-state index is 6.25. The average Bonchev–Trinajstić information content (AvgIpc) is 2.88. The molecule has 108 valence electrons. The van der Waals surface area contributed by atoms with Gasteiger partial charge in [0.1, 0.15) is 17.9 Å². The lowest BCUT2D eigenvalue weighted by atomic mass is 10.0. The van der Waals surface area contributed by atoms with Gasteiger partial charge >= 0.3 is 0 Å². The third-order valence-corrected chi connectivity index (χ3v) is 3.15. The molecule has 1 aromatic carbocycles. The Bertz CT molecular complexity index is 521. The zero-order chi connectivity index (χ0) is 14.4. The van der Waals surface area contributed by atoms with Gasteiger partial charge in [0.25, 0.3) is 0 Å². The smallest absolute Gasteiger partial charge is 0.138 e. The fourth-order valence-corrected chi connectivity index (χ4v) is 2.14. The highest BCUT2D eigenvalue weighted by Gasteiger charge is 2.12. The van der Waals surface area contributed by atoms with Crippen molar-refractivity contribution in [3.63, 3.8) is 0 Å². The number of ether oxygens (including phenoxy) is 1. The van der Waals surface area contributed by atoms with E-state index in [4.69, 9.17) is 10.5 Å². The molecule has 0 fully saturated rings. The molecule has 1 atom stereocenters. The van der Waals surface area contributed by atoms with Gasteiger partial charge in [0.15, 0.2) is 0 Å². The molecule has 5 nitrogen and oxygen atoms in total. The second kappa shape index (κ2) is 7.05. The Morgan fingerprint density at radius 2 is 2.00 bits per heavy atom. The number of aryl methyl sites for hydroxylation is 1. The zero-order valence-electron chi connectivity index (χ0n) is 12.1. The summed E-state index contributed by atoms with van der Waals surface area (Å²) in [5, 5.41) is 4.22. The molecule has 0 saturated heterocycles. The Labute approximate surface area is 119 Å². The highest BCUT2D eigenvalue weighted by atomic mass is 16.5. The Kier molecular flexibility index (Phi) is 5.12. The van der Waals surface area contributed by atoms with E-state index in [0.717, 1.165) is 30.1 Å². The Balaban J connectivity index is 2.03. The van der Waals surface area contributed by atoms with Gasteiger partial charge in [0.2, 0.25) is 0 Å². The van der Waals surface area contributed by atoms with Crippen LogP contribution in [-0.4, -0.2) is 21.4 Å². The molecule has 20 heavy (non-hydrogen) atoms. The van der Waals surface area contributed by atoms with E-state index in [-0.39, 0.29) is 6.04 Å². The highest BCUT2D eigenvalue weighted by molar-refractivity contribution is 5.29. The van der Waals surface area contributed by atoms with Crippen LogP contribution < -0.4 is 10.5 Å². The van der Waals surface area contributed by atoms with Gasteiger partial charge in [-0.1, -0.05) is 19.1 Å². The van der Waals surface area contributed by atoms with Crippen LogP contribution >= 0.6 is 0 Å². The number of nitrogens with zero attached hydrogens (tertiary/aromatic N) is 3. The average molecular weight is 274 g/mol. The van der Waals surface area contributed by atoms with Crippen molar-refractivity contribution in [2.24, 2.45) is 5.73 Å². The molecule has 0 aliphatic heterocycles. The fraction of sp³-hybridized carbons (Fsp3) is 0.467. The minimum Gasteiger partial charge on any atom is -0.494 e. The normalized spacial score (nSPS) is 12.3. The van der Waals surface area contributed by atoms with Crippen LogP contribution in [0.1, 0.15) is 37.7 Å². The first kappa shape index (κ1) is 14.5. The lowest BCUT2D eigenvalue weighted by Gasteiger charge is -2.13. The minimum absolute atomic E-state index is 0.0783. The van der Waals surface area contributed by atoms with E-state index < -0.39 is 0 Å². The van der Waals surface area contributed by atoms with Crippen molar-refractivity contribution in [3.8, 4) is 5.75 Å². The Morgan fingerprint density at radius 1 is 1.25 bits per heavy atom. The monoisotopic (exact) mass is 274 g/mol. The van der Waals surface area contributed by atoms with Crippen molar-refractivity contribution in [2.45, 2.75) is 39.3 Å². The first-order valence-electron chi connectivity index (χ1n) is 7.09. The summed E-state index contributed by atoms with van der Waals surface area (Å²) in [5.41, 5.74) is 7.34. The van der Waals surface area contributed by atoms with Gasteiger partial charge in [0, 0.05) is 19.0 Å². The molecule has 0 bridgehead atoms. The Morgan fingerprint density at radius 3 is 2.65 bits per heavy atom. The van der Waals surface area contributed by atoms with E-state index >= 15 is 0 Å². The minimum atomic E-state index is -0.0783. The van der Waals surface area contributed by atoms with E-state index in [9.17, 15) is 0 Å². The molecule has 1 unspecified atom stereocenters. The number of hydrogen-bond donors (Lipinski definition) is 1. The summed E-state index contributed by atoms with van der Waals surface area (Å²) in [6.45, 7) is 5.65. The summed E-state index contributed by atoms with van der Waals surface area (Å²) in [5.74, 6) is 1.81. The van der Waals surface area contributed by atoms with Gasteiger partial charge in [-0.05, 0) is 31.0 Å². The number of aromatic nitrogens is 3. The summed E-state index contributed by atoms with van der Waals surface area (Å²) < 4.78 is 7.36. The molecule has 0 radical (unpaired) electrons. The molecule has 1 heterocycles. The van der Waals surface area contributed by atoms with Gasteiger partial charge in [-0.3, -0.25) is 4.68 Å². The Hall–Kier alpha value is -1.88. The third-order valence-electron chi connectivity index (χ3n) is 3.15. The molecule has 5 heteroatoms. The summed E-state index contributed by atoms with van der Waals surface area (Å²) in [6, 6.07) is 7.85. The van der Waals surface area contributed by atoms with Gasteiger partial charge < -0.3 is 10.5 Å². The van der Waals surface area contributed by atoms with E-state index in [1.54, 1.807) is 6.33 Å². The molecule has 0 spiro atoms. The van der Waals surface area contributed by atoms with Crippen molar-refractivity contribution >= 4 is 0 Å². The fourth-order valence-electron chi connectivity index (χ4n) is 2.14. The molecule has 0 saturated carbocycles. The number of nitrogens with two attached hydrogens (primary N) is 1. The summed E-state index contributed by atoms with van der Waals surface area (Å²) in [6.07, 6.45) is 3.32. The van der Waals surface area contributed by atoms with Crippen LogP contribution in [0.2, 0.25) is 0 Å². The maximum atomic E-state index is 6.25. The second-order valence-corrected chi connectivity index (χ2v) is 4.71. The molecule has 0 amide bonds. The van der Waals surface area contributed by atoms with Crippen molar-refractivity contribution < 1.29 is 4.74 Å². The molecular weight excluding hydrogens is 252 g/mol. The van der Waals surface area contributed by atoms with Crippen molar-refractivity contribution in [3.05, 3.63) is 42.0 Å². The van der Waals surface area contributed by atoms with E-state index in [1.807, 2.05) is 35.9 Å². The first-order valence-corrected chi connectivity index (χ1v) is 7.09. The quantitative estimate of drug-likeness (QED) is 0.841. The van der Waals surface area contributed by atoms with Crippen LogP contribution in [0.3, 0.4) is 0 Å². The molecule has 1 aromatic heterocycles. The molecule has 2 N–H and O–H groups in total. The van der Waals surface area contributed by atoms with E-state index in [2.05, 4.69) is 17.0 Å².